The van der Waals surface area contributed by atoms with Gasteiger partial charge in [0, 0.05) is 25.7 Å². The minimum absolute atomic E-state index is 0.0388. The maximum atomic E-state index is 12.4. The van der Waals surface area contributed by atoms with E-state index in [4.69, 9.17) is 9.47 Å². The molecule has 1 atom stereocenters. The fourth-order valence-corrected chi connectivity index (χ4v) is 4.01. The highest BCUT2D eigenvalue weighted by Crippen LogP contribution is 2.21. The van der Waals surface area contributed by atoms with Crippen LogP contribution in [-0.2, 0) is 9.53 Å². The topological polar surface area (TPSA) is 50.8 Å². The van der Waals surface area contributed by atoms with Crippen LogP contribution in [0, 0.1) is 5.92 Å². The van der Waals surface area contributed by atoms with Crippen LogP contribution in [-0.4, -0.2) is 56.3 Å². The first-order valence-corrected chi connectivity index (χ1v) is 10.4. The molecule has 28 heavy (non-hydrogen) atoms. The van der Waals surface area contributed by atoms with E-state index in [2.05, 4.69) is 30.1 Å². The summed E-state index contributed by atoms with van der Waals surface area (Å²) in [5.74, 6) is 1.22. The molecule has 0 aliphatic carbocycles. The normalized spacial score (nSPS) is 16.2. The molecule has 0 saturated carbocycles. The van der Waals surface area contributed by atoms with Gasteiger partial charge in [0.05, 0.1) is 13.2 Å². The van der Waals surface area contributed by atoms with Crippen LogP contribution in [0.15, 0.2) is 42.5 Å². The summed E-state index contributed by atoms with van der Waals surface area (Å²) in [6, 6.07) is 14.4. The predicted octanol–water partition coefficient (Wildman–Crippen LogP) is 3.47. The molecule has 1 fully saturated rings. The molecule has 5 heteroatoms. The van der Waals surface area contributed by atoms with Gasteiger partial charge < -0.3 is 14.8 Å². The Morgan fingerprint density at radius 2 is 1.82 bits per heavy atom. The standard InChI is InChI=1S/C23H32N2O3/c1-3-18(4-2)22(25-11-13-27-14-12-25)16-24-23(26)17-28-21-10-9-19-7-5-6-8-20(19)15-21/h5-10,15,18,22H,3-4,11-14,16-17H2,1-2H3,(H,24,26)/t22-/m0/s1. The van der Waals surface area contributed by atoms with Gasteiger partial charge in [-0.05, 0) is 28.8 Å². The largest absolute Gasteiger partial charge is 0.484 e. The summed E-state index contributed by atoms with van der Waals surface area (Å²) in [7, 11) is 0. The number of rotatable bonds is 9. The van der Waals surface area contributed by atoms with E-state index in [0.717, 1.165) is 55.7 Å². The first-order chi connectivity index (χ1) is 13.7. The van der Waals surface area contributed by atoms with Crippen molar-refractivity contribution in [2.75, 3.05) is 39.5 Å². The van der Waals surface area contributed by atoms with Gasteiger partial charge in [-0.25, -0.2) is 0 Å². The van der Waals surface area contributed by atoms with Crippen LogP contribution in [0.3, 0.4) is 0 Å². The molecular formula is C23H32N2O3. The maximum Gasteiger partial charge on any atom is 0.257 e. The Kier molecular flexibility index (Phi) is 7.69. The van der Waals surface area contributed by atoms with Crippen molar-refractivity contribution in [3.63, 3.8) is 0 Å². The van der Waals surface area contributed by atoms with Crippen LogP contribution in [0.5, 0.6) is 5.75 Å². The number of fused-ring (bicyclic) bond motifs is 1. The number of carbonyl (C=O) groups is 1. The molecule has 0 bridgehead atoms. The van der Waals surface area contributed by atoms with Crippen molar-refractivity contribution in [3.05, 3.63) is 42.5 Å². The Labute approximate surface area is 168 Å². The molecule has 1 amide bonds. The molecule has 0 unspecified atom stereocenters. The summed E-state index contributed by atoms with van der Waals surface area (Å²) in [6.07, 6.45) is 2.23. The summed E-state index contributed by atoms with van der Waals surface area (Å²) in [5, 5.41) is 5.37. The van der Waals surface area contributed by atoms with Gasteiger partial charge in [-0.1, -0.05) is 57.0 Å². The fraction of sp³-hybridized carbons (Fsp3) is 0.522. The first kappa shape index (κ1) is 20.6. The molecule has 1 N–H and O–H groups in total. The van der Waals surface area contributed by atoms with Crippen LogP contribution in [0.1, 0.15) is 26.7 Å². The van der Waals surface area contributed by atoms with Crippen molar-refractivity contribution in [2.45, 2.75) is 32.7 Å². The molecule has 1 aliphatic rings. The second-order valence-electron chi connectivity index (χ2n) is 7.39. The van der Waals surface area contributed by atoms with Crippen LogP contribution < -0.4 is 10.1 Å². The molecule has 0 aromatic heterocycles. The minimum atomic E-state index is -0.0719. The number of ether oxygens (including phenoxy) is 2. The quantitative estimate of drug-likeness (QED) is 0.719. The third kappa shape index (κ3) is 5.46. The molecule has 152 valence electrons. The lowest BCUT2D eigenvalue weighted by molar-refractivity contribution is -0.123. The smallest absolute Gasteiger partial charge is 0.257 e. The molecule has 1 aliphatic heterocycles. The summed E-state index contributed by atoms with van der Waals surface area (Å²) in [5.41, 5.74) is 0. The molecule has 2 aromatic rings. The lowest BCUT2D eigenvalue weighted by Gasteiger charge is -2.38. The number of hydrogen-bond donors (Lipinski definition) is 1. The van der Waals surface area contributed by atoms with Gasteiger partial charge in [0.15, 0.2) is 6.61 Å². The molecule has 0 spiro atoms. The number of nitrogens with one attached hydrogen (secondary N) is 1. The zero-order valence-electron chi connectivity index (χ0n) is 17.0. The summed E-state index contributed by atoms with van der Waals surface area (Å²) < 4.78 is 11.2. The maximum absolute atomic E-state index is 12.4. The molecule has 5 nitrogen and oxygen atoms in total. The summed E-state index contributed by atoms with van der Waals surface area (Å²) >= 11 is 0. The van der Waals surface area contributed by atoms with Gasteiger partial charge in [0.25, 0.3) is 5.91 Å². The van der Waals surface area contributed by atoms with Crippen molar-refractivity contribution in [1.29, 1.82) is 0 Å². The lowest BCUT2D eigenvalue weighted by Crippen LogP contribution is -2.52. The Morgan fingerprint density at radius 1 is 1.11 bits per heavy atom. The number of hydrogen-bond acceptors (Lipinski definition) is 4. The monoisotopic (exact) mass is 384 g/mol. The minimum Gasteiger partial charge on any atom is -0.484 e. The second-order valence-corrected chi connectivity index (χ2v) is 7.39. The highest BCUT2D eigenvalue weighted by atomic mass is 16.5. The number of morpholine rings is 1. The van der Waals surface area contributed by atoms with Crippen molar-refractivity contribution in [1.82, 2.24) is 10.2 Å². The zero-order chi connectivity index (χ0) is 19.8. The van der Waals surface area contributed by atoms with Gasteiger partial charge in [-0.3, -0.25) is 9.69 Å². The molecular weight excluding hydrogens is 352 g/mol. The highest BCUT2D eigenvalue weighted by Gasteiger charge is 2.27. The van der Waals surface area contributed by atoms with E-state index in [-0.39, 0.29) is 12.5 Å². The third-order valence-corrected chi connectivity index (χ3v) is 5.71. The van der Waals surface area contributed by atoms with Crippen molar-refractivity contribution >= 4 is 16.7 Å². The van der Waals surface area contributed by atoms with Gasteiger partial charge in [-0.2, -0.15) is 0 Å². The zero-order valence-corrected chi connectivity index (χ0v) is 17.0. The van der Waals surface area contributed by atoms with E-state index in [1.54, 1.807) is 0 Å². The van der Waals surface area contributed by atoms with Gasteiger partial charge in [-0.15, -0.1) is 0 Å². The molecule has 1 heterocycles. The van der Waals surface area contributed by atoms with Crippen LogP contribution in [0.2, 0.25) is 0 Å². The fourth-order valence-electron chi connectivity index (χ4n) is 4.01. The van der Waals surface area contributed by atoms with E-state index in [0.29, 0.717) is 18.5 Å². The highest BCUT2D eigenvalue weighted by molar-refractivity contribution is 5.84. The summed E-state index contributed by atoms with van der Waals surface area (Å²) in [4.78, 5) is 14.9. The Hall–Kier alpha value is -2.11. The number of amides is 1. The average Bonchev–Trinajstić information content (AvgIpc) is 2.75. The van der Waals surface area contributed by atoms with Crippen LogP contribution >= 0.6 is 0 Å². The molecule has 0 radical (unpaired) electrons. The molecule has 2 aromatic carbocycles. The van der Waals surface area contributed by atoms with E-state index in [1.165, 1.54) is 0 Å². The van der Waals surface area contributed by atoms with Crippen molar-refractivity contribution in [2.24, 2.45) is 5.92 Å². The van der Waals surface area contributed by atoms with Gasteiger partial charge in [0.1, 0.15) is 5.75 Å². The first-order valence-electron chi connectivity index (χ1n) is 10.4. The predicted molar refractivity (Wildman–Crippen MR) is 113 cm³/mol. The lowest BCUT2D eigenvalue weighted by atomic mass is 9.92. The molecule has 3 rings (SSSR count). The number of carbonyl (C=O) groups excluding carboxylic acids is 1. The Bertz CT molecular complexity index is 754. The Balaban J connectivity index is 1.53. The number of benzene rings is 2. The third-order valence-electron chi connectivity index (χ3n) is 5.71. The van der Waals surface area contributed by atoms with Crippen molar-refractivity contribution < 1.29 is 14.3 Å². The van der Waals surface area contributed by atoms with Crippen LogP contribution in [0.4, 0.5) is 0 Å². The van der Waals surface area contributed by atoms with E-state index < -0.39 is 0 Å². The molecule has 1 saturated heterocycles. The van der Waals surface area contributed by atoms with E-state index >= 15 is 0 Å². The average molecular weight is 385 g/mol. The van der Waals surface area contributed by atoms with Gasteiger partial charge in [0.2, 0.25) is 0 Å². The Morgan fingerprint density at radius 3 is 2.54 bits per heavy atom. The van der Waals surface area contributed by atoms with Crippen LogP contribution in [0.25, 0.3) is 10.8 Å². The van der Waals surface area contributed by atoms with E-state index in [9.17, 15) is 4.79 Å². The van der Waals surface area contributed by atoms with Gasteiger partial charge >= 0.3 is 0 Å². The second kappa shape index (κ2) is 10.4. The van der Waals surface area contributed by atoms with Crippen molar-refractivity contribution in [3.8, 4) is 5.75 Å². The summed E-state index contributed by atoms with van der Waals surface area (Å²) in [6.45, 7) is 8.57. The SMILES string of the molecule is CCC(CC)[C@H](CNC(=O)COc1ccc2ccccc2c1)N1CCOCC1. The van der Waals surface area contributed by atoms with E-state index in [1.807, 2.05) is 36.4 Å². The number of nitrogens with zero attached hydrogens (tertiary/aromatic N) is 1.